The molecule has 0 aliphatic heterocycles. The van der Waals surface area contributed by atoms with E-state index < -0.39 is 40.5 Å². The van der Waals surface area contributed by atoms with Crippen LogP contribution in [-0.2, 0) is 4.79 Å². The molecule has 0 bridgehead atoms. The van der Waals surface area contributed by atoms with Crippen molar-refractivity contribution in [1.82, 2.24) is 5.32 Å². The molecule has 1 saturated carbocycles. The summed E-state index contributed by atoms with van der Waals surface area (Å²) in [5, 5.41) is 21.6. The molecule has 1 aromatic carbocycles. The van der Waals surface area contributed by atoms with Gasteiger partial charge in [-0.25, -0.2) is 8.78 Å². The van der Waals surface area contributed by atoms with Crippen molar-refractivity contribution in [3.63, 3.8) is 0 Å². The van der Waals surface area contributed by atoms with E-state index in [9.17, 15) is 23.7 Å². The predicted octanol–water partition coefficient (Wildman–Crippen LogP) is 1.31. The van der Waals surface area contributed by atoms with Gasteiger partial charge in [0, 0.05) is 23.0 Å². The van der Waals surface area contributed by atoms with Gasteiger partial charge < -0.3 is 5.32 Å². The molecule has 1 aromatic rings. The Morgan fingerprint density at radius 1 is 1.55 bits per heavy atom. The summed E-state index contributed by atoms with van der Waals surface area (Å²) in [6.07, 6.45) is 0.100. The fourth-order valence-corrected chi connectivity index (χ4v) is 1.86. The van der Waals surface area contributed by atoms with Crippen molar-refractivity contribution in [2.24, 2.45) is 5.92 Å². The van der Waals surface area contributed by atoms with Gasteiger partial charge in [-0.2, -0.15) is 5.26 Å². The molecule has 104 valence electrons. The molecular weight excluding hydrogens is 272 g/mol. The van der Waals surface area contributed by atoms with Gasteiger partial charge >= 0.3 is 0 Å². The van der Waals surface area contributed by atoms with Crippen molar-refractivity contribution in [2.45, 2.75) is 18.5 Å². The topological polar surface area (TPSA) is 96.0 Å². The van der Waals surface area contributed by atoms with E-state index in [1.165, 1.54) is 0 Å². The van der Waals surface area contributed by atoms with Crippen molar-refractivity contribution in [1.29, 1.82) is 5.26 Å². The Labute approximate surface area is 112 Å². The lowest BCUT2D eigenvalue weighted by atomic mass is 10.1. The lowest BCUT2D eigenvalue weighted by Gasteiger charge is -2.12. The van der Waals surface area contributed by atoms with Crippen LogP contribution in [0.15, 0.2) is 18.2 Å². The molecule has 2 rings (SSSR count). The number of benzene rings is 1. The molecule has 1 N–H and O–H groups in total. The Balaban J connectivity index is 2.09. The van der Waals surface area contributed by atoms with Crippen LogP contribution in [0.4, 0.5) is 8.78 Å². The number of nitro groups is 1. The number of hydrogen-bond donors (Lipinski definition) is 1. The predicted molar refractivity (Wildman–Crippen MR) is 61.7 cm³/mol. The van der Waals surface area contributed by atoms with Crippen LogP contribution in [0, 0.1) is 39.0 Å². The monoisotopic (exact) mass is 281 g/mol. The van der Waals surface area contributed by atoms with Crippen LogP contribution in [-0.4, -0.2) is 16.9 Å². The summed E-state index contributed by atoms with van der Waals surface area (Å²) in [4.78, 5) is 21.6. The standard InChI is InChI=1S/C12H9F2N3O3/c13-6-1-2-7(9(14)3-6)10(5-15)16-12(18)8-4-11(8)17(19)20/h1-3,8,10-11H,4H2,(H,16,18)/t8-,10+,11-/m1/s1. The van der Waals surface area contributed by atoms with Gasteiger partial charge in [0.25, 0.3) is 0 Å². The number of rotatable bonds is 4. The highest BCUT2D eigenvalue weighted by Gasteiger charge is 2.53. The Morgan fingerprint density at radius 3 is 2.75 bits per heavy atom. The normalized spacial score (nSPS) is 21.6. The van der Waals surface area contributed by atoms with Crippen LogP contribution in [0.3, 0.4) is 0 Å². The van der Waals surface area contributed by atoms with Crippen LogP contribution in [0.2, 0.25) is 0 Å². The maximum Gasteiger partial charge on any atom is 0.231 e. The van der Waals surface area contributed by atoms with Crippen molar-refractivity contribution >= 4 is 5.91 Å². The molecule has 0 spiro atoms. The summed E-state index contributed by atoms with van der Waals surface area (Å²) in [6.45, 7) is 0. The fraction of sp³-hybridized carbons (Fsp3) is 0.333. The fourth-order valence-electron chi connectivity index (χ4n) is 1.86. The Morgan fingerprint density at radius 2 is 2.25 bits per heavy atom. The van der Waals surface area contributed by atoms with Gasteiger partial charge in [0.15, 0.2) is 0 Å². The first kappa shape index (κ1) is 13.9. The Hall–Kier alpha value is -2.56. The van der Waals surface area contributed by atoms with Crippen LogP contribution in [0.25, 0.3) is 0 Å². The number of halogens is 2. The van der Waals surface area contributed by atoms with Crippen LogP contribution in [0.5, 0.6) is 0 Å². The summed E-state index contributed by atoms with van der Waals surface area (Å²) in [6, 6.07) is 2.03. The minimum Gasteiger partial charge on any atom is -0.336 e. The third kappa shape index (κ3) is 2.71. The molecule has 20 heavy (non-hydrogen) atoms. The number of nitrogens with one attached hydrogen (secondary N) is 1. The minimum absolute atomic E-state index is 0.100. The van der Waals surface area contributed by atoms with Gasteiger partial charge in [-0.15, -0.1) is 0 Å². The summed E-state index contributed by atoms with van der Waals surface area (Å²) < 4.78 is 26.3. The average molecular weight is 281 g/mol. The number of carbonyl (C=O) groups excluding carboxylic acids is 1. The molecule has 1 aliphatic rings. The van der Waals surface area contributed by atoms with Gasteiger partial charge in [-0.05, 0) is 6.07 Å². The second-order valence-corrected chi connectivity index (χ2v) is 4.43. The highest BCUT2D eigenvalue weighted by molar-refractivity contribution is 5.82. The first-order valence-electron chi connectivity index (χ1n) is 5.72. The quantitative estimate of drug-likeness (QED) is 0.664. The third-order valence-corrected chi connectivity index (χ3v) is 3.05. The second-order valence-electron chi connectivity index (χ2n) is 4.43. The van der Waals surface area contributed by atoms with E-state index >= 15 is 0 Å². The summed E-state index contributed by atoms with van der Waals surface area (Å²) in [5.41, 5.74) is -0.180. The van der Waals surface area contributed by atoms with E-state index in [1.54, 1.807) is 6.07 Å². The lowest BCUT2D eigenvalue weighted by Crippen LogP contribution is -2.31. The molecule has 8 heteroatoms. The summed E-state index contributed by atoms with van der Waals surface area (Å²) >= 11 is 0. The maximum atomic E-state index is 13.5. The van der Waals surface area contributed by atoms with Gasteiger partial charge in [-0.1, -0.05) is 6.07 Å². The third-order valence-electron chi connectivity index (χ3n) is 3.05. The van der Waals surface area contributed by atoms with Crippen LogP contribution in [0.1, 0.15) is 18.0 Å². The van der Waals surface area contributed by atoms with Crippen molar-refractivity contribution < 1.29 is 18.5 Å². The molecule has 1 aliphatic carbocycles. The highest BCUT2D eigenvalue weighted by atomic mass is 19.1. The number of amides is 1. The van der Waals surface area contributed by atoms with E-state index in [-0.39, 0.29) is 12.0 Å². The molecule has 0 radical (unpaired) electrons. The first-order chi connectivity index (χ1) is 9.43. The van der Waals surface area contributed by atoms with Crippen molar-refractivity contribution in [2.75, 3.05) is 0 Å². The molecule has 0 saturated heterocycles. The number of hydrogen-bond acceptors (Lipinski definition) is 4. The Bertz CT molecular complexity index is 614. The van der Waals surface area contributed by atoms with Crippen molar-refractivity contribution in [3.05, 3.63) is 45.5 Å². The zero-order chi connectivity index (χ0) is 14.9. The van der Waals surface area contributed by atoms with E-state index in [2.05, 4.69) is 5.32 Å². The highest BCUT2D eigenvalue weighted by Crippen LogP contribution is 2.33. The van der Waals surface area contributed by atoms with Gasteiger partial charge in [0.2, 0.25) is 11.9 Å². The average Bonchev–Trinajstić information content (AvgIpc) is 3.16. The van der Waals surface area contributed by atoms with E-state index in [1.807, 2.05) is 0 Å². The smallest absolute Gasteiger partial charge is 0.231 e. The van der Waals surface area contributed by atoms with Gasteiger partial charge in [0.05, 0.1) is 6.07 Å². The lowest BCUT2D eigenvalue weighted by molar-refractivity contribution is -0.497. The molecule has 0 heterocycles. The zero-order valence-electron chi connectivity index (χ0n) is 10.0. The molecule has 6 nitrogen and oxygen atoms in total. The van der Waals surface area contributed by atoms with E-state index in [4.69, 9.17) is 5.26 Å². The minimum atomic E-state index is -1.31. The van der Waals surface area contributed by atoms with Gasteiger partial charge in [0.1, 0.15) is 23.6 Å². The zero-order valence-corrected chi connectivity index (χ0v) is 10.0. The summed E-state index contributed by atoms with van der Waals surface area (Å²) in [7, 11) is 0. The number of carbonyl (C=O) groups is 1. The van der Waals surface area contributed by atoms with E-state index in [0.717, 1.165) is 12.1 Å². The second kappa shape index (κ2) is 5.21. The van der Waals surface area contributed by atoms with Gasteiger partial charge in [-0.3, -0.25) is 14.9 Å². The largest absolute Gasteiger partial charge is 0.336 e. The molecule has 0 aromatic heterocycles. The molecule has 0 unspecified atom stereocenters. The SMILES string of the molecule is N#C[C@H](NC(=O)[C@@H]1C[C@H]1[N+](=O)[O-])c1ccc(F)cc1F. The summed E-state index contributed by atoms with van der Waals surface area (Å²) in [5.74, 6) is -3.24. The number of nitrogens with zero attached hydrogens (tertiary/aromatic N) is 2. The van der Waals surface area contributed by atoms with Crippen LogP contribution >= 0.6 is 0 Å². The van der Waals surface area contributed by atoms with E-state index in [0.29, 0.717) is 6.07 Å². The molecule has 3 atom stereocenters. The number of nitriles is 1. The Kier molecular flexibility index (Phi) is 3.61. The first-order valence-corrected chi connectivity index (χ1v) is 5.72. The molecule has 1 fully saturated rings. The molecule has 1 amide bonds. The maximum absolute atomic E-state index is 13.5. The van der Waals surface area contributed by atoms with Crippen molar-refractivity contribution in [3.8, 4) is 6.07 Å². The molecular formula is C12H9F2N3O3. The van der Waals surface area contributed by atoms with Crippen LogP contribution < -0.4 is 5.32 Å².